The van der Waals surface area contributed by atoms with Crippen LogP contribution in [0.5, 0.6) is 0 Å². The Hall–Kier alpha value is -1.28. The molecule has 0 amide bonds. The Morgan fingerprint density at radius 1 is 1.11 bits per heavy atom. The Bertz CT molecular complexity index is 566. The van der Waals surface area contributed by atoms with Gasteiger partial charge in [-0.25, -0.2) is 0 Å². The molecule has 0 aliphatic rings. The van der Waals surface area contributed by atoms with Gasteiger partial charge in [0, 0.05) is 10.9 Å². The lowest BCUT2D eigenvalue weighted by Gasteiger charge is -2.04. The highest BCUT2D eigenvalue weighted by atomic mass is 16.3. The van der Waals surface area contributed by atoms with Crippen LogP contribution in [0.25, 0.3) is 11.0 Å². The fraction of sp³-hybridized carbons (Fsp3) is 0.500. The highest BCUT2D eigenvalue weighted by Crippen LogP contribution is 2.33. The van der Waals surface area contributed by atoms with Crippen LogP contribution in [0.15, 0.2) is 10.5 Å². The van der Waals surface area contributed by atoms with Gasteiger partial charge in [0.1, 0.15) is 11.3 Å². The number of fused-ring (bicyclic) bond motifs is 1. The predicted octanol–water partition coefficient (Wildman–Crippen LogP) is 4.03. The van der Waals surface area contributed by atoms with Gasteiger partial charge in [-0.3, -0.25) is 0 Å². The lowest BCUT2D eigenvalue weighted by Crippen LogP contribution is -2.12. The zero-order chi connectivity index (χ0) is 13.3. The molecule has 1 aromatic heterocycles. The molecule has 0 aliphatic carbocycles. The number of nitrogens with one attached hydrogen (secondary N) is 1. The molecular weight excluding hydrogens is 222 g/mol. The smallest absolute Gasteiger partial charge is 0.138 e. The zero-order valence-corrected chi connectivity index (χ0v) is 12.1. The first kappa shape index (κ1) is 13.2. The summed E-state index contributed by atoms with van der Waals surface area (Å²) >= 11 is 0. The predicted molar refractivity (Wildman–Crippen MR) is 77.2 cm³/mol. The Morgan fingerprint density at radius 3 is 2.44 bits per heavy atom. The number of rotatable bonds is 4. The van der Waals surface area contributed by atoms with Gasteiger partial charge in [0.2, 0.25) is 0 Å². The molecule has 0 bridgehead atoms. The van der Waals surface area contributed by atoms with Crippen molar-refractivity contribution in [3.8, 4) is 0 Å². The van der Waals surface area contributed by atoms with Crippen LogP contribution in [0.4, 0.5) is 0 Å². The summed E-state index contributed by atoms with van der Waals surface area (Å²) in [6.07, 6.45) is 1.02. The molecule has 0 radical (unpaired) electrons. The van der Waals surface area contributed by atoms with E-state index in [9.17, 15) is 0 Å². The van der Waals surface area contributed by atoms with Crippen LogP contribution < -0.4 is 5.32 Å². The van der Waals surface area contributed by atoms with E-state index in [1.54, 1.807) is 0 Å². The highest BCUT2D eigenvalue weighted by Gasteiger charge is 2.16. The van der Waals surface area contributed by atoms with Crippen LogP contribution in [0.2, 0.25) is 0 Å². The number of hydrogen-bond acceptors (Lipinski definition) is 2. The summed E-state index contributed by atoms with van der Waals surface area (Å²) in [6, 6.07) is 2.27. The van der Waals surface area contributed by atoms with Crippen molar-refractivity contribution < 1.29 is 4.42 Å². The minimum Gasteiger partial charge on any atom is -0.459 e. The summed E-state index contributed by atoms with van der Waals surface area (Å²) < 4.78 is 6.12. The summed E-state index contributed by atoms with van der Waals surface area (Å²) in [7, 11) is 0. The fourth-order valence-corrected chi connectivity index (χ4v) is 2.63. The maximum absolute atomic E-state index is 6.12. The van der Waals surface area contributed by atoms with Crippen molar-refractivity contribution in [2.75, 3.05) is 6.54 Å². The highest BCUT2D eigenvalue weighted by molar-refractivity contribution is 5.89. The van der Waals surface area contributed by atoms with Crippen LogP contribution in [-0.2, 0) is 13.0 Å². The van der Waals surface area contributed by atoms with Gasteiger partial charge in [-0.2, -0.15) is 0 Å². The first-order valence-corrected chi connectivity index (χ1v) is 6.81. The third-order valence-electron chi connectivity index (χ3n) is 3.74. The van der Waals surface area contributed by atoms with Crippen molar-refractivity contribution in [3.63, 3.8) is 0 Å². The van der Waals surface area contributed by atoms with Crippen molar-refractivity contribution in [2.24, 2.45) is 0 Å². The molecule has 2 aromatic rings. The third-order valence-corrected chi connectivity index (χ3v) is 3.74. The Kier molecular flexibility index (Phi) is 3.76. The van der Waals surface area contributed by atoms with E-state index >= 15 is 0 Å². The average molecular weight is 245 g/mol. The summed E-state index contributed by atoms with van der Waals surface area (Å²) in [5.74, 6) is 1.10. The number of hydrogen-bond donors (Lipinski definition) is 1. The van der Waals surface area contributed by atoms with Crippen molar-refractivity contribution >= 4 is 11.0 Å². The molecule has 2 nitrogen and oxygen atoms in total. The molecule has 1 aromatic carbocycles. The third kappa shape index (κ3) is 2.05. The molecule has 18 heavy (non-hydrogen) atoms. The maximum Gasteiger partial charge on any atom is 0.138 e. The minimum atomic E-state index is 0.826. The maximum atomic E-state index is 6.12. The lowest BCUT2D eigenvalue weighted by atomic mass is 9.98. The van der Waals surface area contributed by atoms with Gasteiger partial charge < -0.3 is 9.73 Å². The van der Waals surface area contributed by atoms with E-state index in [1.807, 2.05) is 0 Å². The zero-order valence-electron chi connectivity index (χ0n) is 12.1. The summed E-state index contributed by atoms with van der Waals surface area (Å²) in [5, 5.41) is 4.69. The van der Waals surface area contributed by atoms with Gasteiger partial charge in [-0.15, -0.1) is 0 Å². The van der Waals surface area contributed by atoms with Gasteiger partial charge in [-0.1, -0.05) is 19.9 Å². The Labute approximate surface area is 109 Å². The Morgan fingerprint density at radius 2 is 1.83 bits per heavy atom. The van der Waals surface area contributed by atoms with E-state index in [2.05, 4.69) is 46.0 Å². The second-order valence-electron chi connectivity index (χ2n) is 4.98. The molecule has 0 spiro atoms. The largest absolute Gasteiger partial charge is 0.459 e. The van der Waals surface area contributed by atoms with Crippen LogP contribution in [0, 0.1) is 20.8 Å². The quantitative estimate of drug-likeness (QED) is 0.879. The molecule has 0 atom stereocenters. The monoisotopic (exact) mass is 245 g/mol. The fourth-order valence-electron chi connectivity index (χ4n) is 2.63. The molecule has 1 heterocycles. The van der Waals surface area contributed by atoms with Crippen LogP contribution in [0.3, 0.4) is 0 Å². The minimum absolute atomic E-state index is 0.826. The summed E-state index contributed by atoms with van der Waals surface area (Å²) in [5.41, 5.74) is 6.36. The van der Waals surface area contributed by atoms with Gasteiger partial charge >= 0.3 is 0 Å². The number of benzene rings is 1. The van der Waals surface area contributed by atoms with E-state index in [0.29, 0.717) is 0 Å². The molecule has 98 valence electrons. The summed E-state index contributed by atoms with van der Waals surface area (Å²) in [4.78, 5) is 0. The molecular formula is C16H23NO. The Balaban J connectivity index is 2.68. The SMILES string of the molecule is CCNCc1oc2c(C)c(C)cc(C)c2c1CC. The van der Waals surface area contributed by atoms with Gasteiger partial charge in [0.25, 0.3) is 0 Å². The van der Waals surface area contributed by atoms with E-state index in [4.69, 9.17) is 4.42 Å². The standard InChI is InChI=1S/C16H23NO/c1-6-13-14(9-17-7-2)18-16-12(5)10(3)8-11(4)15(13)16/h8,17H,6-7,9H2,1-5H3. The first-order valence-electron chi connectivity index (χ1n) is 6.81. The summed E-state index contributed by atoms with van der Waals surface area (Å²) in [6.45, 7) is 12.6. The number of aryl methyl sites for hydroxylation is 4. The topological polar surface area (TPSA) is 25.2 Å². The van der Waals surface area contributed by atoms with E-state index in [1.165, 1.54) is 27.6 Å². The van der Waals surface area contributed by atoms with Crippen LogP contribution in [-0.4, -0.2) is 6.54 Å². The first-order chi connectivity index (χ1) is 8.60. The van der Waals surface area contributed by atoms with Crippen LogP contribution in [0.1, 0.15) is 41.9 Å². The number of furan rings is 1. The van der Waals surface area contributed by atoms with E-state index in [-0.39, 0.29) is 0 Å². The van der Waals surface area contributed by atoms with Crippen LogP contribution >= 0.6 is 0 Å². The second-order valence-corrected chi connectivity index (χ2v) is 4.98. The van der Waals surface area contributed by atoms with Gasteiger partial charge in [0.05, 0.1) is 6.54 Å². The van der Waals surface area contributed by atoms with Crippen molar-refractivity contribution in [3.05, 3.63) is 34.1 Å². The van der Waals surface area contributed by atoms with Crippen molar-refractivity contribution in [2.45, 2.75) is 47.6 Å². The normalized spacial score (nSPS) is 11.4. The molecule has 0 aliphatic heterocycles. The van der Waals surface area contributed by atoms with Crippen molar-refractivity contribution in [1.29, 1.82) is 0 Å². The van der Waals surface area contributed by atoms with E-state index in [0.717, 1.165) is 30.9 Å². The molecule has 1 N–H and O–H groups in total. The molecule has 2 heteroatoms. The molecule has 0 saturated carbocycles. The van der Waals surface area contributed by atoms with Crippen molar-refractivity contribution in [1.82, 2.24) is 5.32 Å². The van der Waals surface area contributed by atoms with Gasteiger partial charge in [-0.05, 0) is 50.4 Å². The molecule has 2 rings (SSSR count). The second kappa shape index (κ2) is 5.15. The molecule has 0 unspecified atom stereocenters. The molecule has 0 fully saturated rings. The van der Waals surface area contributed by atoms with Gasteiger partial charge in [0.15, 0.2) is 0 Å². The molecule has 0 saturated heterocycles. The van der Waals surface area contributed by atoms with E-state index < -0.39 is 0 Å². The average Bonchev–Trinajstić information content (AvgIpc) is 2.72. The lowest BCUT2D eigenvalue weighted by molar-refractivity contribution is 0.512.